The van der Waals surface area contributed by atoms with Crippen LogP contribution in [0.25, 0.3) is 0 Å². The maximum Gasteiger partial charge on any atom is 0.326 e. The molecule has 0 saturated carbocycles. The number of amides is 3. The highest BCUT2D eigenvalue weighted by molar-refractivity contribution is 6.30. The number of likely N-dealkylation sites (tertiary alicyclic amines) is 1. The van der Waals surface area contributed by atoms with E-state index in [0.717, 1.165) is 12.1 Å². The van der Waals surface area contributed by atoms with Crippen LogP contribution in [0.1, 0.15) is 19.3 Å². The van der Waals surface area contributed by atoms with E-state index in [4.69, 9.17) is 16.3 Å². The van der Waals surface area contributed by atoms with Gasteiger partial charge in [0.05, 0.1) is 6.10 Å². The quantitative estimate of drug-likeness (QED) is 0.574. The van der Waals surface area contributed by atoms with Crippen molar-refractivity contribution in [1.29, 1.82) is 0 Å². The molecule has 3 atom stereocenters. The van der Waals surface area contributed by atoms with Crippen molar-refractivity contribution < 1.29 is 24.2 Å². The number of aliphatic carboxylic acids is 1. The summed E-state index contributed by atoms with van der Waals surface area (Å²) in [4.78, 5) is 40.8. The largest absolute Gasteiger partial charge is 0.480 e. The zero-order chi connectivity index (χ0) is 24.2. The molecule has 2 saturated heterocycles. The molecule has 34 heavy (non-hydrogen) atoms. The van der Waals surface area contributed by atoms with Crippen molar-refractivity contribution in [3.63, 3.8) is 0 Å². The number of carboxylic acids is 1. The second-order valence-corrected chi connectivity index (χ2v) is 8.86. The molecule has 2 fully saturated rings. The minimum absolute atomic E-state index is 0.253. The summed E-state index contributed by atoms with van der Waals surface area (Å²) in [6, 6.07) is 12.2. The first-order valence-electron chi connectivity index (χ1n) is 11.1. The van der Waals surface area contributed by atoms with Gasteiger partial charge < -0.3 is 30.3 Å². The Labute approximate surface area is 202 Å². The Morgan fingerprint density at radius 3 is 2.29 bits per heavy atom. The zero-order valence-corrected chi connectivity index (χ0v) is 19.5. The summed E-state index contributed by atoms with van der Waals surface area (Å²) in [6.07, 6.45) is 1.57. The number of urea groups is 1. The van der Waals surface area contributed by atoms with Gasteiger partial charge in [-0.25, -0.2) is 9.59 Å². The van der Waals surface area contributed by atoms with Gasteiger partial charge in [0.15, 0.2) is 0 Å². The molecule has 2 aliphatic heterocycles. The van der Waals surface area contributed by atoms with Crippen molar-refractivity contribution in [2.24, 2.45) is 0 Å². The maximum atomic E-state index is 13.1. The Kier molecular flexibility index (Phi) is 7.23. The van der Waals surface area contributed by atoms with Crippen molar-refractivity contribution in [2.45, 2.75) is 37.5 Å². The lowest BCUT2D eigenvalue weighted by molar-refractivity contribution is -0.138. The van der Waals surface area contributed by atoms with Gasteiger partial charge in [-0.05, 0) is 61.4 Å². The first kappa shape index (κ1) is 23.8. The Balaban J connectivity index is 1.42. The predicted octanol–water partition coefficient (Wildman–Crippen LogP) is 3.65. The van der Waals surface area contributed by atoms with Crippen LogP contribution in [0.3, 0.4) is 0 Å². The number of carboxylic acid groups (broad SMARTS) is 1. The number of hydrogen-bond acceptors (Lipinski definition) is 5. The molecule has 2 aromatic rings. The summed E-state index contributed by atoms with van der Waals surface area (Å²) >= 11 is 5.90. The van der Waals surface area contributed by atoms with E-state index in [-0.39, 0.29) is 12.0 Å². The molecule has 10 heteroatoms. The second-order valence-electron chi connectivity index (χ2n) is 8.42. The average Bonchev–Trinajstić information content (AvgIpc) is 3.49. The van der Waals surface area contributed by atoms with Gasteiger partial charge in [0.2, 0.25) is 5.91 Å². The molecule has 9 nitrogen and oxygen atoms in total. The number of hydrogen-bond donors (Lipinski definition) is 3. The van der Waals surface area contributed by atoms with Crippen LogP contribution in [-0.4, -0.2) is 66.3 Å². The fourth-order valence-corrected chi connectivity index (χ4v) is 4.59. The van der Waals surface area contributed by atoms with Crippen molar-refractivity contribution >= 4 is 46.6 Å². The van der Waals surface area contributed by atoms with Crippen LogP contribution < -0.4 is 15.5 Å². The lowest BCUT2D eigenvalue weighted by Gasteiger charge is -2.25. The summed E-state index contributed by atoms with van der Waals surface area (Å²) in [7, 11) is 1.56. The molecule has 3 amide bonds. The van der Waals surface area contributed by atoms with Gasteiger partial charge in [0.25, 0.3) is 0 Å². The van der Waals surface area contributed by atoms with E-state index in [1.807, 2.05) is 4.90 Å². The molecule has 4 rings (SSSR count). The standard InChI is InChI=1S/C24H27ClN4O5/c1-34-19-13-21(29(14-19)24(33)27-17-6-4-15(25)5-7-17)22(30)26-16-8-10-18(11-9-16)28-12-2-3-20(28)23(31)32/h4-11,19-21H,2-3,12-14H2,1H3,(H,26,30)(H,27,33)(H,31,32). The third-order valence-electron chi connectivity index (χ3n) is 6.26. The molecule has 2 aromatic carbocycles. The number of nitrogens with zero attached hydrogens (tertiary/aromatic N) is 2. The van der Waals surface area contributed by atoms with Gasteiger partial charge in [-0.2, -0.15) is 0 Å². The normalized spacial score (nSPS) is 22.0. The van der Waals surface area contributed by atoms with Gasteiger partial charge in [-0.15, -0.1) is 0 Å². The van der Waals surface area contributed by atoms with Crippen LogP contribution in [0.5, 0.6) is 0 Å². The second kappa shape index (κ2) is 10.3. The molecule has 0 bridgehead atoms. The fourth-order valence-electron chi connectivity index (χ4n) is 4.46. The third-order valence-corrected chi connectivity index (χ3v) is 6.51. The Morgan fingerprint density at radius 1 is 1.00 bits per heavy atom. The van der Waals surface area contributed by atoms with E-state index in [0.29, 0.717) is 42.3 Å². The van der Waals surface area contributed by atoms with Gasteiger partial charge >= 0.3 is 12.0 Å². The summed E-state index contributed by atoms with van der Waals surface area (Å²) in [5.74, 6) is -1.15. The van der Waals surface area contributed by atoms with Crippen LogP contribution >= 0.6 is 11.6 Å². The number of anilines is 3. The maximum absolute atomic E-state index is 13.1. The van der Waals surface area contributed by atoms with Crippen LogP contribution in [0.4, 0.5) is 21.9 Å². The molecule has 0 aromatic heterocycles. The van der Waals surface area contributed by atoms with Gasteiger partial charge in [-0.1, -0.05) is 11.6 Å². The van der Waals surface area contributed by atoms with Crippen molar-refractivity contribution in [3.05, 3.63) is 53.6 Å². The third kappa shape index (κ3) is 5.26. The number of benzene rings is 2. The van der Waals surface area contributed by atoms with Crippen molar-refractivity contribution in [2.75, 3.05) is 35.7 Å². The van der Waals surface area contributed by atoms with Crippen molar-refractivity contribution in [1.82, 2.24) is 4.90 Å². The zero-order valence-electron chi connectivity index (χ0n) is 18.7. The highest BCUT2D eigenvalue weighted by atomic mass is 35.5. The van der Waals surface area contributed by atoms with E-state index in [1.165, 1.54) is 4.90 Å². The Hall–Kier alpha value is -3.30. The predicted molar refractivity (Wildman–Crippen MR) is 129 cm³/mol. The highest BCUT2D eigenvalue weighted by Crippen LogP contribution is 2.28. The lowest BCUT2D eigenvalue weighted by atomic mass is 10.1. The number of rotatable bonds is 6. The van der Waals surface area contributed by atoms with Crippen LogP contribution in [0.15, 0.2) is 48.5 Å². The van der Waals surface area contributed by atoms with Crippen LogP contribution in [0, 0.1) is 0 Å². The number of halogens is 1. The topological polar surface area (TPSA) is 111 Å². The smallest absolute Gasteiger partial charge is 0.326 e. The lowest BCUT2D eigenvalue weighted by Crippen LogP contribution is -2.45. The van der Waals surface area contributed by atoms with E-state index in [9.17, 15) is 19.5 Å². The minimum Gasteiger partial charge on any atom is -0.480 e. The Morgan fingerprint density at radius 2 is 1.65 bits per heavy atom. The summed E-state index contributed by atoms with van der Waals surface area (Å²) < 4.78 is 5.42. The van der Waals surface area contributed by atoms with E-state index in [2.05, 4.69) is 10.6 Å². The number of carbonyl (C=O) groups is 3. The molecule has 0 radical (unpaired) electrons. The fraction of sp³-hybridized carbons (Fsp3) is 0.375. The number of nitrogens with one attached hydrogen (secondary N) is 2. The minimum atomic E-state index is -0.833. The van der Waals surface area contributed by atoms with Crippen molar-refractivity contribution in [3.8, 4) is 0 Å². The monoisotopic (exact) mass is 486 g/mol. The van der Waals surface area contributed by atoms with Gasteiger partial charge in [0, 0.05) is 48.7 Å². The molecule has 3 unspecified atom stereocenters. The average molecular weight is 487 g/mol. The molecule has 0 aliphatic carbocycles. The molecule has 3 N–H and O–H groups in total. The van der Waals surface area contributed by atoms with Gasteiger partial charge in [0.1, 0.15) is 12.1 Å². The SMILES string of the molecule is COC1CC(C(=O)Nc2ccc(N3CCCC3C(=O)O)cc2)N(C(=O)Nc2ccc(Cl)cc2)C1. The van der Waals surface area contributed by atoms with E-state index < -0.39 is 24.1 Å². The molecule has 180 valence electrons. The number of carbonyl (C=O) groups excluding carboxylic acids is 2. The van der Waals surface area contributed by atoms with Crippen LogP contribution in [0.2, 0.25) is 5.02 Å². The van der Waals surface area contributed by atoms with E-state index in [1.54, 1.807) is 55.6 Å². The van der Waals surface area contributed by atoms with Gasteiger partial charge in [-0.3, -0.25) is 4.79 Å². The first-order valence-corrected chi connectivity index (χ1v) is 11.5. The molecule has 2 heterocycles. The summed E-state index contributed by atoms with van der Waals surface area (Å²) in [6.45, 7) is 0.972. The number of methoxy groups -OCH3 is 1. The molecular formula is C24H27ClN4O5. The highest BCUT2D eigenvalue weighted by Gasteiger charge is 2.40. The first-order chi connectivity index (χ1) is 16.4. The number of ether oxygens (including phenoxy) is 1. The molecule has 2 aliphatic rings. The molecule has 0 spiro atoms. The summed E-state index contributed by atoms with van der Waals surface area (Å²) in [5.41, 5.74) is 1.94. The van der Waals surface area contributed by atoms with E-state index >= 15 is 0 Å². The Bertz CT molecular complexity index is 1050. The molecular weight excluding hydrogens is 460 g/mol. The summed E-state index contributed by atoms with van der Waals surface area (Å²) in [5, 5.41) is 15.6. The van der Waals surface area contributed by atoms with Crippen LogP contribution in [-0.2, 0) is 14.3 Å².